The van der Waals surface area contributed by atoms with Crippen LogP contribution in [0.25, 0.3) is 0 Å². The van der Waals surface area contributed by atoms with E-state index in [-0.39, 0.29) is 10.2 Å². The minimum absolute atomic E-state index is 0.156. The number of rotatable bonds is 2. The Hall–Kier alpha value is -0.990. The molecule has 0 aromatic rings. The summed E-state index contributed by atoms with van der Waals surface area (Å²) in [6.45, 7) is 3.80. The second kappa shape index (κ2) is 4.25. The minimum Gasteiger partial charge on any atom is -0.375 e. The van der Waals surface area contributed by atoms with Gasteiger partial charge in [-0.2, -0.15) is 5.10 Å². The highest BCUT2D eigenvalue weighted by Gasteiger charge is 2.38. The molecular formula is C7H14N6S2. The molecule has 0 aromatic carbocycles. The zero-order valence-electron chi connectivity index (χ0n) is 8.57. The summed E-state index contributed by atoms with van der Waals surface area (Å²) >= 11 is 9.60. The number of nitrogens with two attached hydrogens (primary N) is 2. The first-order valence-corrected chi connectivity index (χ1v) is 5.13. The Morgan fingerprint density at radius 2 is 2.13 bits per heavy atom. The van der Waals surface area contributed by atoms with E-state index in [9.17, 15) is 0 Å². The molecule has 1 rings (SSSR count). The molecule has 15 heavy (non-hydrogen) atoms. The van der Waals surface area contributed by atoms with Crippen LogP contribution >= 0.6 is 24.4 Å². The van der Waals surface area contributed by atoms with Gasteiger partial charge >= 0.3 is 0 Å². The first-order valence-electron chi connectivity index (χ1n) is 4.31. The number of hydrazine groups is 1. The van der Waals surface area contributed by atoms with E-state index in [0.29, 0.717) is 6.42 Å². The van der Waals surface area contributed by atoms with Crippen LogP contribution in [0.5, 0.6) is 0 Å². The molecule has 1 aliphatic heterocycles. The maximum Gasteiger partial charge on any atom is 0.188 e. The summed E-state index contributed by atoms with van der Waals surface area (Å²) in [5, 5.41) is 6.10. The predicted octanol–water partition coefficient (Wildman–Crippen LogP) is -0.634. The number of hydrogen-bond acceptors (Lipinski definition) is 4. The van der Waals surface area contributed by atoms with Crippen LogP contribution in [0.1, 0.15) is 20.3 Å². The van der Waals surface area contributed by atoms with E-state index < -0.39 is 5.66 Å². The molecule has 1 atom stereocenters. The summed E-state index contributed by atoms with van der Waals surface area (Å²) in [5.74, 6) is 0. The van der Waals surface area contributed by atoms with Gasteiger partial charge in [-0.3, -0.25) is 5.43 Å². The lowest BCUT2D eigenvalue weighted by Gasteiger charge is -2.33. The van der Waals surface area contributed by atoms with Gasteiger partial charge in [0.25, 0.3) is 0 Å². The van der Waals surface area contributed by atoms with Crippen molar-refractivity contribution < 1.29 is 0 Å². The molecule has 0 saturated carbocycles. The summed E-state index contributed by atoms with van der Waals surface area (Å²) in [5.41, 5.74) is 16.9. The van der Waals surface area contributed by atoms with E-state index in [1.807, 2.05) is 13.8 Å². The largest absolute Gasteiger partial charge is 0.375 e. The zero-order chi connectivity index (χ0) is 11.6. The Bertz CT molecular complexity index is 327. The molecule has 1 aliphatic rings. The molecule has 0 aliphatic carbocycles. The van der Waals surface area contributed by atoms with Gasteiger partial charge in [-0.05, 0) is 38.3 Å². The van der Waals surface area contributed by atoms with Gasteiger partial charge in [0.05, 0.1) is 0 Å². The first-order chi connectivity index (χ1) is 6.85. The van der Waals surface area contributed by atoms with Crippen LogP contribution in [0.3, 0.4) is 0 Å². The van der Waals surface area contributed by atoms with Gasteiger partial charge in [-0.1, -0.05) is 0 Å². The van der Waals surface area contributed by atoms with Gasteiger partial charge in [-0.25, -0.2) is 10.4 Å². The average Bonchev–Trinajstić information content (AvgIpc) is 2.39. The number of thiocarbonyl (C=S) groups is 2. The zero-order valence-corrected chi connectivity index (χ0v) is 10.2. The lowest BCUT2D eigenvalue weighted by Crippen LogP contribution is -2.61. The van der Waals surface area contributed by atoms with E-state index in [2.05, 4.69) is 16.0 Å². The predicted molar refractivity (Wildman–Crippen MR) is 67.8 cm³/mol. The summed E-state index contributed by atoms with van der Waals surface area (Å²) in [7, 11) is 0. The summed E-state index contributed by atoms with van der Waals surface area (Å²) < 4.78 is 0. The van der Waals surface area contributed by atoms with Gasteiger partial charge in [0.2, 0.25) is 0 Å². The topological polar surface area (TPSA) is 91.7 Å². The van der Waals surface area contributed by atoms with Crippen molar-refractivity contribution in [3.63, 3.8) is 0 Å². The average molecular weight is 246 g/mol. The molecule has 8 heteroatoms. The van der Waals surface area contributed by atoms with Crippen LogP contribution in [0.4, 0.5) is 0 Å². The first kappa shape index (κ1) is 12.1. The third-order valence-electron chi connectivity index (χ3n) is 2.00. The highest BCUT2D eigenvalue weighted by Crippen LogP contribution is 2.23. The monoisotopic (exact) mass is 246 g/mol. The quantitative estimate of drug-likeness (QED) is 0.381. The van der Waals surface area contributed by atoms with Crippen LogP contribution < -0.4 is 22.3 Å². The molecule has 0 bridgehead atoms. The van der Waals surface area contributed by atoms with Gasteiger partial charge in [0, 0.05) is 12.1 Å². The van der Waals surface area contributed by atoms with E-state index in [1.165, 1.54) is 5.01 Å². The van der Waals surface area contributed by atoms with Crippen molar-refractivity contribution >= 4 is 40.4 Å². The van der Waals surface area contributed by atoms with Crippen molar-refractivity contribution in [3.8, 4) is 0 Å². The summed E-state index contributed by atoms with van der Waals surface area (Å²) in [6.07, 6.45) is 0.681. The van der Waals surface area contributed by atoms with Gasteiger partial charge < -0.3 is 11.5 Å². The van der Waals surface area contributed by atoms with Crippen molar-refractivity contribution in [3.05, 3.63) is 0 Å². The molecular weight excluding hydrogens is 232 g/mol. The fourth-order valence-corrected chi connectivity index (χ4v) is 1.77. The highest BCUT2D eigenvalue weighted by atomic mass is 32.1. The van der Waals surface area contributed by atoms with Crippen LogP contribution in [0.15, 0.2) is 5.10 Å². The Morgan fingerprint density at radius 3 is 2.60 bits per heavy atom. The molecule has 6 nitrogen and oxygen atoms in total. The maximum absolute atomic E-state index is 5.56. The maximum atomic E-state index is 5.56. The fourth-order valence-electron chi connectivity index (χ4n) is 1.48. The molecule has 1 heterocycles. The number of hydrogen-bond donors (Lipinski definition) is 4. The highest BCUT2D eigenvalue weighted by molar-refractivity contribution is 7.80. The third-order valence-corrected chi connectivity index (χ3v) is 2.28. The Balaban J connectivity index is 2.75. The van der Waals surface area contributed by atoms with Crippen molar-refractivity contribution in [1.29, 1.82) is 0 Å². The van der Waals surface area contributed by atoms with Crippen LogP contribution in [-0.2, 0) is 0 Å². The Labute approximate surface area is 99.0 Å². The normalized spacial score (nSPS) is 24.9. The number of hydrazone groups is 1. The minimum atomic E-state index is -0.528. The Morgan fingerprint density at radius 1 is 1.53 bits per heavy atom. The van der Waals surface area contributed by atoms with Crippen LogP contribution in [-0.4, -0.2) is 26.6 Å². The number of nitrogens with one attached hydrogen (secondary N) is 2. The third kappa shape index (κ3) is 2.74. The van der Waals surface area contributed by atoms with E-state index in [1.54, 1.807) is 0 Å². The van der Waals surface area contributed by atoms with Crippen molar-refractivity contribution in [1.82, 2.24) is 15.9 Å². The molecule has 6 N–H and O–H groups in total. The Kier molecular flexibility index (Phi) is 3.42. The van der Waals surface area contributed by atoms with Gasteiger partial charge in [-0.15, -0.1) is 0 Å². The molecule has 0 aromatic heterocycles. The molecule has 0 radical (unpaired) electrons. The van der Waals surface area contributed by atoms with Crippen molar-refractivity contribution in [2.45, 2.75) is 25.9 Å². The second-order valence-electron chi connectivity index (χ2n) is 3.55. The van der Waals surface area contributed by atoms with E-state index in [4.69, 9.17) is 35.9 Å². The molecule has 0 spiro atoms. The fraction of sp³-hybridized carbons (Fsp3) is 0.571. The van der Waals surface area contributed by atoms with Crippen LogP contribution in [0, 0.1) is 0 Å². The lowest BCUT2D eigenvalue weighted by molar-refractivity contribution is 0.171. The summed E-state index contributed by atoms with van der Waals surface area (Å²) in [4.78, 5) is 0. The van der Waals surface area contributed by atoms with Gasteiger partial charge in [0.15, 0.2) is 10.2 Å². The lowest BCUT2D eigenvalue weighted by atomic mass is 10.1. The molecule has 0 saturated heterocycles. The molecule has 1 unspecified atom stereocenters. The number of nitrogens with zero attached hydrogens (tertiary/aromatic N) is 2. The van der Waals surface area contributed by atoms with Crippen molar-refractivity contribution in [2.75, 3.05) is 0 Å². The molecule has 84 valence electrons. The van der Waals surface area contributed by atoms with Crippen molar-refractivity contribution in [2.24, 2.45) is 16.6 Å². The molecule has 0 amide bonds. The molecule has 0 fully saturated rings. The van der Waals surface area contributed by atoms with Crippen LogP contribution in [0.2, 0.25) is 0 Å². The summed E-state index contributed by atoms with van der Waals surface area (Å²) in [6, 6.07) is 0. The smallest absolute Gasteiger partial charge is 0.188 e. The SMILES string of the molecule is CC1=NN(C(N)=S)C(C)(NNC(N)=S)C1. The second-order valence-corrected chi connectivity index (χ2v) is 4.41. The standard InChI is InChI=1S/C7H14N6S2/c1-4-3-7(2,12-10-5(8)14)13(11-4)6(9)15/h12H,3H2,1-2H3,(H2,9,15)(H3,8,10,14). The van der Waals surface area contributed by atoms with E-state index in [0.717, 1.165) is 5.71 Å². The van der Waals surface area contributed by atoms with Gasteiger partial charge in [0.1, 0.15) is 5.66 Å². The van der Waals surface area contributed by atoms with E-state index >= 15 is 0 Å².